The molecule has 1 aliphatic heterocycles. The van der Waals surface area contributed by atoms with Crippen molar-refractivity contribution in [3.05, 3.63) is 59.4 Å². The van der Waals surface area contributed by atoms with E-state index in [1.165, 1.54) is 30.6 Å². The molecule has 3 aromatic rings. The Morgan fingerprint density at radius 3 is 2.50 bits per heavy atom. The van der Waals surface area contributed by atoms with Gasteiger partial charge in [-0.2, -0.15) is 0 Å². The molecule has 7 nitrogen and oxygen atoms in total. The van der Waals surface area contributed by atoms with Crippen LogP contribution in [-0.4, -0.2) is 42.3 Å². The van der Waals surface area contributed by atoms with Crippen LogP contribution in [0.2, 0.25) is 5.02 Å². The van der Waals surface area contributed by atoms with E-state index in [0.717, 1.165) is 25.7 Å². The van der Waals surface area contributed by atoms with Crippen molar-refractivity contribution in [2.75, 3.05) is 17.8 Å². The first kappa shape index (κ1) is 20.6. The molecule has 2 aromatic carbocycles. The molecule has 0 unspecified atom stereocenters. The lowest BCUT2D eigenvalue weighted by atomic mass is 10.2. The third-order valence-electron chi connectivity index (χ3n) is 5.10. The molecule has 0 spiro atoms. The predicted molar refractivity (Wildman–Crippen MR) is 116 cm³/mol. The number of nitrogens with zero attached hydrogens (tertiary/aromatic N) is 3. The van der Waals surface area contributed by atoms with Gasteiger partial charge in [0.15, 0.2) is 0 Å². The standard InChI is InChI=1S/C21H21ClN4O3S/c22-15-8-9-16(21(27)26-12-3-1-2-4-13-26)19(14-15)30(28,29)25-18-7-5-6-17-20(18)24-11-10-23-17/h5-11,14,25H,1-4,12-13H2. The molecule has 1 N–H and O–H groups in total. The minimum atomic E-state index is -4.10. The minimum Gasteiger partial charge on any atom is -0.339 e. The number of carbonyl (C=O) groups excluding carboxylic acids is 1. The van der Waals surface area contributed by atoms with Crippen LogP contribution in [0.5, 0.6) is 0 Å². The third kappa shape index (κ3) is 4.24. The summed E-state index contributed by atoms with van der Waals surface area (Å²) in [6.07, 6.45) is 6.99. The van der Waals surface area contributed by atoms with E-state index in [0.29, 0.717) is 24.1 Å². The highest BCUT2D eigenvalue weighted by atomic mass is 35.5. The summed E-state index contributed by atoms with van der Waals surface area (Å²) in [6.45, 7) is 1.24. The van der Waals surface area contributed by atoms with Crippen molar-refractivity contribution in [2.45, 2.75) is 30.6 Å². The molecule has 0 radical (unpaired) electrons. The van der Waals surface area contributed by atoms with Crippen LogP contribution < -0.4 is 4.72 Å². The molecular weight excluding hydrogens is 424 g/mol. The summed E-state index contributed by atoms with van der Waals surface area (Å²) in [5, 5.41) is 0.237. The van der Waals surface area contributed by atoms with Gasteiger partial charge in [0.2, 0.25) is 0 Å². The fraction of sp³-hybridized carbons (Fsp3) is 0.286. The number of para-hydroxylation sites is 1. The number of sulfonamides is 1. The fourth-order valence-corrected chi connectivity index (χ4v) is 5.14. The van der Waals surface area contributed by atoms with Gasteiger partial charge in [-0.15, -0.1) is 0 Å². The van der Waals surface area contributed by atoms with E-state index in [-0.39, 0.29) is 27.1 Å². The van der Waals surface area contributed by atoms with Crippen LogP contribution in [0.4, 0.5) is 5.69 Å². The summed E-state index contributed by atoms with van der Waals surface area (Å²) in [4.78, 5) is 23.2. The quantitative estimate of drug-likeness (QED) is 0.654. The van der Waals surface area contributed by atoms with E-state index in [1.807, 2.05) is 0 Å². The van der Waals surface area contributed by atoms with E-state index in [1.54, 1.807) is 23.1 Å². The van der Waals surface area contributed by atoms with Crippen LogP contribution in [0, 0.1) is 0 Å². The maximum atomic E-state index is 13.3. The molecule has 1 amide bonds. The van der Waals surface area contributed by atoms with Crippen LogP contribution in [0.3, 0.4) is 0 Å². The molecule has 1 aromatic heterocycles. The lowest BCUT2D eigenvalue weighted by molar-refractivity contribution is 0.0758. The minimum absolute atomic E-state index is 0.111. The summed E-state index contributed by atoms with van der Waals surface area (Å²) >= 11 is 6.10. The largest absolute Gasteiger partial charge is 0.339 e. The maximum absolute atomic E-state index is 13.3. The van der Waals surface area contributed by atoms with Gasteiger partial charge in [0, 0.05) is 30.5 Å². The highest BCUT2D eigenvalue weighted by Crippen LogP contribution is 2.27. The Labute approximate surface area is 180 Å². The number of fused-ring (bicyclic) bond motifs is 1. The topological polar surface area (TPSA) is 92.3 Å². The number of hydrogen-bond acceptors (Lipinski definition) is 5. The smallest absolute Gasteiger partial charge is 0.262 e. The lowest BCUT2D eigenvalue weighted by Crippen LogP contribution is -2.33. The zero-order valence-electron chi connectivity index (χ0n) is 16.2. The number of amides is 1. The van der Waals surface area contributed by atoms with Crippen molar-refractivity contribution in [1.29, 1.82) is 0 Å². The van der Waals surface area contributed by atoms with Crippen molar-refractivity contribution in [3.8, 4) is 0 Å². The number of hydrogen-bond donors (Lipinski definition) is 1. The molecular formula is C21H21ClN4O3S. The van der Waals surface area contributed by atoms with Crippen molar-refractivity contribution >= 4 is 44.3 Å². The first-order valence-electron chi connectivity index (χ1n) is 9.77. The molecule has 1 saturated heterocycles. The molecule has 4 rings (SSSR count). The van der Waals surface area contributed by atoms with Gasteiger partial charge in [0.05, 0.1) is 16.8 Å². The molecule has 0 bridgehead atoms. The molecule has 2 heterocycles. The Morgan fingerprint density at radius 2 is 1.73 bits per heavy atom. The van der Waals surface area contributed by atoms with E-state index < -0.39 is 10.0 Å². The monoisotopic (exact) mass is 444 g/mol. The maximum Gasteiger partial charge on any atom is 0.262 e. The van der Waals surface area contributed by atoms with Gasteiger partial charge in [-0.25, -0.2) is 8.42 Å². The molecule has 0 saturated carbocycles. The third-order valence-corrected chi connectivity index (χ3v) is 6.74. The van der Waals surface area contributed by atoms with E-state index in [4.69, 9.17) is 11.6 Å². The van der Waals surface area contributed by atoms with Crippen molar-refractivity contribution < 1.29 is 13.2 Å². The SMILES string of the molecule is O=C(c1ccc(Cl)cc1S(=O)(=O)Nc1cccc2nccnc12)N1CCCCCC1. The van der Waals surface area contributed by atoms with Crippen LogP contribution in [0.25, 0.3) is 11.0 Å². The second kappa shape index (κ2) is 8.57. The highest BCUT2D eigenvalue weighted by molar-refractivity contribution is 7.92. The Morgan fingerprint density at radius 1 is 1.00 bits per heavy atom. The van der Waals surface area contributed by atoms with E-state index in [9.17, 15) is 13.2 Å². The number of rotatable bonds is 4. The fourth-order valence-electron chi connectivity index (χ4n) is 3.61. The average molecular weight is 445 g/mol. The zero-order chi connectivity index (χ0) is 21.1. The van der Waals surface area contributed by atoms with Crippen molar-refractivity contribution in [1.82, 2.24) is 14.9 Å². The van der Waals surface area contributed by atoms with Gasteiger partial charge in [-0.1, -0.05) is 30.5 Å². The number of carbonyl (C=O) groups is 1. The predicted octanol–water partition coefficient (Wildman–Crippen LogP) is 4.10. The van der Waals surface area contributed by atoms with E-state index >= 15 is 0 Å². The zero-order valence-corrected chi connectivity index (χ0v) is 17.8. The molecule has 0 atom stereocenters. The molecule has 1 fully saturated rings. The first-order chi connectivity index (χ1) is 14.5. The second-order valence-corrected chi connectivity index (χ2v) is 9.27. The second-order valence-electron chi connectivity index (χ2n) is 7.18. The average Bonchev–Trinajstić information content (AvgIpc) is 3.03. The Balaban J connectivity index is 1.73. The normalized spacial score (nSPS) is 15.0. The summed E-state index contributed by atoms with van der Waals surface area (Å²) in [5.41, 5.74) is 1.38. The molecule has 1 aliphatic rings. The number of anilines is 1. The van der Waals surface area contributed by atoms with Crippen LogP contribution in [0.1, 0.15) is 36.0 Å². The lowest BCUT2D eigenvalue weighted by Gasteiger charge is -2.22. The number of benzene rings is 2. The number of nitrogens with one attached hydrogen (secondary N) is 1. The molecule has 156 valence electrons. The Kier molecular flexibility index (Phi) is 5.87. The van der Waals surface area contributed by atoms with Gasteiger partial charge < -0.3 is 4.90 Å². The summed E-state index contributed by atoms with van der Waals surface area (Å²) in [6, 6.07) is 9.37. The highest BCUT2D eigenvalue weighted by Gasteiger charge is 2.27. The van der Waals surface area contributed by atoms with Gasteiger partial charge in [-0.05, 0) is 43.2 Å². The van der Waals surface area contributed by atoms with Crippen LogP contribution in [0.15, 0.2) is 53.7 Å². The number of halogens is 1. The van der Waals surface area contributed by atoms with E-state index in [2.05, 4.69) is 14.7 Å². The Hall–Kier alpha value is -2.71. The van der Waals surface area contributed by atoms with Gasteiger partial charge in [0.1, 0.15) is 10.4 Å². The van der Waals surface area contributed by atoms with Gasteiger partial charge in [-0.3, -0.25) is 19.5 Å². The van der Waals surface area contributed by atoms with Crippen molar-refractivity contribution in [3.63, 3.8) is 0 Å². The molecule has 9 heteroatoms. The molecule has 30 heavy (non-hydrogen) atoms. The summed E-state index contributed by atoms with van der Waals surface area (Å²) < 4.78 is 29.1. The number of likely N-dealkylation sites (tertiary alicyclic amines) is 1. The number of aromatic nitrogens is 2. The van der Waals surface area contributed by atoms with Gasteiger partial charge in [0.25, 0.3) is 15.9 Å². The Bertz CT molecular complexity index is 1190. The first-order valence-corrected chi connectivity index (χ1v) is 11.6. The summed E-state index contributed by atoms with van der Waals surface area (Å²) in [7, 11) is -4.10. The van der Waals surface area contributed by atoms with Crippen LogP contribution >= 0.6 is 11.6 Å². The van der Waals surface area contributed by atoms with Crippen molar-refractivity contribution in [2.24, 2.45) is 0 Å². The van der Waals surface area contributed by atoms with Gasteiger partial charge >= 0.3 is 0 Å². The summed E-state index contributed by atoms with van der Waals surface area (Å²) in [5.74, 6) is -0.299. The van der Waals surface area contributed by atoms with Crippen LogP contribution in [-0.2, 0) is 10.0 Å². The molecule has 0 aliphatic carbocycles.